The molecule has 2 aromatic rings. The zero-order valence-electron chi connectivity index (χ0n) is 12.1. The van der Waals surface area contributed by atoms with Gasteiger partial charge in [-0.05, 0) is 35.1 Å². The molecular formula is C15H20N2O2S2. The maximum Gasteiger partial charge on any atom is 0.238 e. The summed E-state index contributed by atoms with van der Waals surface area (Å²) in [5, 5.41) is 10.7. The fourth-order valence-electron chi connectivity index (χ4n) is 2.19. The van der Waals surface area contributed by atoms with Crippen molar-refractivity contribution in [3.05, 3.63) is 52.2 Å². The molecule has 0 saturated heterocycles. The van der Waals surface area contributed by atoms with Crippen LogP contribution in [0.15, 0.2) is 46.7 Å². The molecule has 1 unspecified atom stereocenters. The molecule has 0 amide bonds. The Balaban J connectivity index is 2.12. The van der Waals surface area contributed by atoms with Crippen LogP contribution in [0, 0.1) is 5.92 Å². The molecule has 4 nitrogen and oxygen atoms in total. The third-order valence-corrected chi connectivity index (χ3v) is 5.14. The molecule has 0 fully saturated rings. The standard InChI is InChI=1S/C15H20N2O2S2/c1-11(2)15(14-7-4-8-20-14)17-10-12-5-3-6-13(9-12)21(16,18)19/h3-9,11,15,17H,10H2,1-2H3,(H2,16,18,19). The molecule has 0 bridgehead atoms. The summed E-state index contributed by atoms with van der Waals surface area (Å²) in [6.45, 7) is 4.93. The van der Waals surface area contributed by atoms with Crippen molar-refractivity contribution in [2.45, 2.75) is 31.3 Å². The zero-order valence-corrected chi connectivity index (χ0v) is 13.7. The smallest absolute Gasteiger partial charge is 0.238 e. The molecule has 3 N–H and O–H groups in total. The van der Waals surface area contributed by atoms with E-state index in [4.69, 9.17) is 5.14 Å². The fourth-order valence-corrected chi connectivity index (χ4v) is 3.75. The minimum atomic E-state index is -3.65. The van der Waals surface area contributed by atoms with Crippen LogP contribution >= 0.6 is 11.3 Å². The number of hydrogen-bond acceptors (Lipinski definition) is 4. The average molecular weight is 324 g/mol. The first-order chi connectivity index (χ1) is 9.88. The van der Waals surface area contributed by atoms with Crippen LogP contribution in [0.3, 0.4) is 0 Å². The van der Waals surface area contributed by atoms with Crippen LogP contribution in [0.5, 0.6) is 0 Å². The maximum absolute atomic E-state index is 11.4. The molecule has 1 aromatic carbocycles. The van der Waals surface area contributed by atoms with Crippen molar-refractivity contribution in [2.24, 2.45) is 11.1 Å². The molecule has 0 radical (unpaired) electrons. The Kier molecular flexibility index (Phi) is 5.16. The quantitative estimate of drug-likeness (QED) is 0.858. The highest BCUT2D eigenvalue weighted by molar-refractivity contribution is 7.89. The third-order valence-electron chi connectivity index (χ3n) is 3.27. The lowest BCUT2D eigenvalue weighted by molar-refractivity contribution is 0.416. The van der Waals surface area contributed by atoms with Crippen LogP contribution in [0.2, 0.25) is 0 Å². The number of hydrogen-bond donors (Lipinski definition) is 2. The first kappa shape index (κ1) is 16.2. The summed E-state index contributed by atoms with van der Waals surface area (Å²) >= 11 is 1.72. The minimum absolute atomic E-state index is 0.152. The van der Waals surface area contributed by atoms with Gasteiger partial charge in [-0.1, -0.05) is 32.0 Å². The molecule has 2 rings (SSSR count). The molecule has 0 spiro atoms. The highest BCUT2D eigenvalue weighted by Gasteiger charge is 2.16. The largest absolute Gasteiger partial charge is 0.305 e. The second-order valence-corrected chi connectivity index (χ2v) is 7.85. The normalized spacial score (nSPS) is 13.5. The molecule has 1 atom stereocenters. The van der Waals surface area contributed by atoms with E-state index in [0.717, 1.165) is 5.56 Å². The van der Waals surface area contributed by atoms with Gasteiger partial charge in [0.15, 0.2) is 0 Å². The number of sulfonamides is 1. The Hall–Kier alpha value is -1.21. The number of thiophene rings is 1. The van der Waals surface area contributed by atoms with Gasteiger partial charge >= 0.3 is 0 Å². The second kappa shape index (κ2) is 6.70. The SMILES string of the molecule is CC(C)C(NCc1cccc(S(N)(=O)=O)c1)c1cccs1. The van der Waals surface area contributed by atoms with Crippen molar-refractivity contribution >= 4 is 21.4 Å². The highest BCUT2D eigenvalue weighted by atomic mass is 32.2. The van der Waals surface area contributed by atoms with Gasteiger partial charge in [0.1, 0.15) is 0 Å². The van der Waals surface area contributed by atoms with E-state index in [-0.39, 0.29) is 10.9 Å². The van der Waals surface area contributed by atoms with E-state index in [1.165, 1.54) is 10.9 Å². The first-order valence-electron chi connectivity index (χ1n) is 6.76. The predicted molar refractivity (Wildman–Crippen MR) is 86.6 cm³/mol. The Labute approximate surface area is 130 Å². The van der Waals surface area contributed by atoms with E-state index in [2.05, 4.69) is 30.6 Å². The van der Waals surface area contributed by atoms with E-state index in [0.29, 0.717) is 12.5 Å². The lowest BCUT2D eigenvalue weighted by Crippen LogP contribution is -2.24. The average Bonchev–Trinajstić information content (AvgIpc) is 2.92. The van der Waals surface area contributed by atoms with Crippen molar-refractivity contribution in [2.75, 3.05) is 0 Å². The summed E-state index contributed by atoms with van der Waals surface area (Å²) in [5.74, 6) is 0.449. The van der Waals surface area contributed by atoms with E-state index < -0.39 is 10.0 Å². The van der Waals surface area contributed by atoms with E-state index in [1.54, 1.807) is 23.5 Å². The van der Waals surface area contributed by atoms with Gasteiger partial charge in [-0.3, -0.25) is 0 Å². The summed E-state index contributed by atoms with van der Waals surface area (Å²) in [6.07, 6.45) is 0. The molecular weight excluding hydrogens is 304 g/mol. The van der Waals surface area contributed by atoms with Gasteiger partial charge in [-0.2, -0.15) is 0 Å². The van der Waals surface area contributed by atoms with Gasteiger partial charge < -0.3 is 5.32 Å². The number of nitrogens with two attached hydrogens (primary N) is 1. The summed E-state index contributed by atoms with van der Waals surface area (Å²) < 4.78 is 22.8. The number of rotatable bonds is 6. The molecule has 0 saturated carbocycles. The predicted octanol–water partition coefficient (Wildman–Crippen LogP) is 2.88. The monoisotopic (exact) mass is 324 g/mol. The maximum atomic E-state index is 11.4. The van der Waals surface area contributed by atoms with Crippen LogP contribution in [-0.2, 0) is 16.6 Å². The molecule has 1 heterocycles. The van der Waals surface area contributed by atoms with Crippen LogP contribution in [0.4, 0.5) is 0 Å². The van der Waals surface area contributed by atoms with Gasteiger partial charge in [0, 0.05) is 17.5 Å². The minimum Gasteiger partial charge on any atom is -0.305 e. The van der Waals surface area contributed by atoms with Crippen LogP contribution in [-0.4, -0.2) is 8.42 Å². The van der Waals surface area contributed by atoms with Crippen molar-refractivity contribution < 1.29 is 8.42 Å². The van der Waals surface area contributed by atoms with Gasteiger partial charge in [-0.15, -0.1) is 11.3 Å². The van der Waals surface area contributed by atoms with Gasteiger partial charge in [0.2, 0.25) is 10.0 Å². The van der Waals surface area contributed by atoms with Gasteiger partial charge in [0.05, 0.1) is 4.90 Å². The molecule has 21 heavy (non-hydrogen) atoms. The lowest BCUT2D eigenvalue weighted by atomic mass is 10.0. The van der Waals surface area contributed by atoms with Crippen molar-refractivity contribution in [1.82, 2.24) is 5.32 Å². The lowest BCUT2D eigenvalue weighted by Gasteiger charge is -2.21. The van der Waals surface area contributed by atoms with E-state index in [1.807, 2.05) is 12.1 Å². The van der Waals surface area contributed by atoms with Crippen LogP contribution in [0.1, 0.15) is 30.3 Å². The Morgan fingerprint density at radius 2 is 2.00 bits per heavy atom. The molecule has 6 heteroatoms. The second-order valence-electron chi connectivity index (χ2n) is 5.31. The van der Waals surface area contributed by atoms with Crippen molar-refractivity contribution in [3.8, 4) is 0 Å². The summed E-state index contributed by atoms with van der Waals surface area (Å²) in [5.41, 5.74) is 0.906. The zero-order chi connectivity index (χ0) is 15.5. The molecule has 0 aliphatic carbocycles. The summed E-state index contributed by atoms with van der Waals surface area (Å²) in [7, 11) is -3.65. The first-order valence-corrected chi connectivity index (χ1v) is 9.19. The Bertz CT molecular complexity index is 679. The Morgan fingerprint density at radius 3 is 2.57 bits per heavy atom. The summed E-state index contributed by atoms with van der Waals surface area (Å²) in [6, 6.07) is 11.1. The molecule has 0 aliphatic rings. The van der Waals surface area contributed by atoms with Gasteiger partial charge in [0.25, 0.3) is 0 Å². The highest BCUT2D eigenvalue weighted by Crippen LogP contribution is 2.26. The van der Waals surface area contributed by atoms with E-state index in [9.17, 15) is 8.42 Å². The fraction of sp³-hybridized carbons (Fsp3) is 0.333. The number of primary sulfonamides is 1. The third kappa shape index (κ3) is 4.38. The number of benzene rings is 1. The van der Waals surface area contributed by atoms with Crippen LogP contribution < -0.4 is 10.5 Å². The molecule has 114 valence electrons. The molecule has 0 aliphatic heterocycles. The van der Waals surface area contributed by atoms with Crippen molar-refractivity contribution in [3.63, 3.8) is 0 Å². The summed E-state index contributed by atoms with van der Waals surface area (Å²) in [4.78, 5) is 1.44. The van der Waals surface area contributed by atoms with Gasteiger partial charge in [-0.25, -0.2) is 13.6 Å². The topological polar surface area (TPSA) is 72.2 Å². The van der Waals surface area contributed by atoms with Crippen LogP contribution in [0.25, 0.3) is 0 Å². The molecule has 1 aromatic heterocycles. The van der Waals surface area contributed by atoms with E-state index >= 15 is 0 Å². The van der Waals surface area contributed by atoms with Crippen molar-refractivity contribution in [1.29, 1.82) is 0 Å². The number of nitrogens with one attached hydrogen (secondary N) is 1. The Morgan fingerprint density at radius 1 is 1.24 bits per heavy atom.